The molecule has 0 fully saturated rings. The molecule has 0 bridgehead atoms. The van der Waals surface area contributed by atoms with Gasteiger partial charge in [0.05, 0.1) is 26.5 Å². The molecule has 0 aliphatic rings. The first-order valence-corrected chi connectivity index (χ1v) is 11.4. The van der Waals surface area contributed by atoms with Crippen molar-refractivity contribution in [2.24, 2.45) is 0 Å². The Morgan fingerprint density at radius 1 is 0.735 bits per heavy atom. The van der Waals surface area contributed by atoms with Crippen LogP contribution in [-0.4, -0.2) is 11.3 Å². The maximum absolute atomic E-state index is 13.5. The van der Waals surface area contributed by atoms with E-state index in [1.807, 2.05) is 0 Å². The highest BCUT2D eigenvalue weighted by atomic mass is 35.5. The lowest BCUT2D eigenvalue weighted by molar-refractivity contribution is -0.143. The molecule has 3 rings (SSSR count). The Bertz CT molecular complexity index is 1270. The minimum atomic E-state index is -5.35. The van der Waals surface area contributed by atoms with Gasteiger partial charge in [0, 0.05) is 16.7 Å². The molecule has 0 aliphatic heterocycles. The molecule has 0 spiro atoms. The fraction of sp³-hybridized carbons (Fsp3) is 0.0909. The molecular formula is C22H11Cl2F6O3P. The van der Waals surface area contributed by atoms with Gasteiger partial charge >= 0.3 is 12.4 Å². The second-order valence-electron chi connectivity index (χ2n) is 6.86. The molecule has 0 saturated carbocycles. The number of carbonyl (C=O) groups excluding carboxylic acids is 2. The molecule has 0 aliphatic carbocycles. The van der Waals surface area contributed by atoms with Crippen LogP contribution >= 0.6 is 31.0 Å². The third kappa shape index (κ3) is 5.06. The van der Waals surface area contributed by atoms with E-state index in [-0.39, 0.29) is 23.3 Å². The van der Waals surface area contributed by atoms with Crippen molar-refractivity contribution >= 4 is 47.6 Å². The zero-order valence-electron chi connectivity index (χ0n) is 16.5. The number of hydrogen-bond donors (Lipinski definition) is 0. The molecule has 0 heterocycles. The van der Waals surface area contributed by atoms with Crippen LogP contribution in [0.2, 0.25) is 10.0 Å². The quantitative estimate of drug-likeness (QED) is 0.195. The van der Waals surface area contributed by atoms with Crippen molar-refractivity contribution in [3.05, 3.63) is 98.5 Å². The molecule has 3 aromatic carbocycles. The van der Waals surface area contributed by atoms with Gasteiger partial charge in [0.15, 0.2) is 13.6 Å². The third-order valence-electron chi connectivity index (χ3n) is 4.71. The summed E-state index contributed by atoms with van der Waals surface area (Å²) >= 11 is 12.1. The van der Waals surface area contributed by atoms with Crippen LogP contribution in [0.5, 0.6) is 0 Å². The van der Waals surface area contributed by atoms with Crippen LogP contribution < -0.4 is 5.30 Å². The Morgan fingerprint density at radius 2 is 1.26 bits per heavy atom. The van der Waals surface area contributed by atoms with E-state index in [1.165, 1.54) is 24.3 Å². The SMILES string of the molecule is O=C(c1ccccc1)c1ccc(Cl)c([PH](=O)C(=O)c2c(C(F)(F)F)cccc2C(F)(F)F)c1Cl. The molecule has 0 radical (unpaired) electrons. The molecule has 1 atom stereocenters. The highest BCUT2D eigenvalue weighted by Gasteiger charge is 2.44. The van der Waals surface area contributed by atoms with E-state index in [0.717, 1.165) is 12.1 Å². The summed E-state index contributed by atoms with van der Waals surface area (Å²) in [6.07, 6.45) is -10.7. The summed E-state index contributed by atoms with van der Waals surface area (Å²) in [6.45, 7) is 0. The van der Waals surface area contributed by atoms with Gasteiger partial charge in [-0.15, -0.1) is 0 Å². The predicted molar refractivity (Wildman–Crippen MR) is 116 cm³/mol. The van der Waals surface area contributed by atoms with Crippen molar-refractivity contribution in [2.45, 2.75) is 12.4 Å². The Balaban J connectivity index is 2.19. The molecule has 0 amide bonds. The summed E-state index contributed by atoms with van der Waals surface area (Å²) < 4.78 is 93.8. The van der Waals surface area contributed by atoms with Crippen molar-refractivity contribution in [2.75, 3.05) is 0 Å². The number of ketones is 1. The van der Waals surface area contributed by atoms with Crippen LogP contribution in [0.4, 0.5) is 26.3 Å². The predicted octanol–water partition coefficient (Wildman–Crippen LogP) is 7.29. The van der Waals surface area contributed by atoms with E-state index in [4.69, 9.17) is 23.2 Å². The Labute approximate surface area is 199 Å². The van der Waals surface area contributed by atoms with Crippen LogP contribution in [0.3, 0.4) is 0 Å². The van der Waals surface area contributed by atoms with E-state index in [0.29, 0.717) is 6.07 Å². The van der Waals surface area contributed by atoms with Crippen LogP contribution in [0.25, 0.3) is 0 Å². The van der Waals surface area contributed by atoms with Gasteiger partial charge in [-0.25, -0.2) is 0 Å². The second-order valence-corrected chi connectivity index (χ2v) is 9.26. The first-order valence-electron chi connectivity index (χ1n) is 9.19. The fourth-order valence-electron chi connectivity index (χ4n) is 3.18. The Morgan fingerprint density at radius 3 is 1.76 bits per heavy atom. The number of rotatable bonds is 5. The zero-order valence-corrected chi connectivity index (χ0v) is 19.0. The molecule has 0 N–H and O–H groups in total. The monoisotopic (exact) mass is 538 g/mol. The molecule has 0 saturated heterocycles. The van der Waals surface area contributed by atoms with Crippen molar-refractivity contribution in [1.82, 2.24) is 0 Å². The third-order valence-corrected chi connectivity index (χ3v) is 7.37. The standard InChI is InChI=1S/C22H11Cl2F6O3P/c23-15-10-9-12(18(31)11-5-2-1-3-6-11)17(24)19(15)34(33)20(32)16-13(21(25,26)27)7-4-8-14(16)22(28,29)30/h1-10,34H. The van der Waals surface area contributed by atoms with Gasteiger partial charge in [0.25, 0.3) is 0 Å². The van der Waals surface area contributed by atoms with Gasteiger partial charge in [0.1, 0.15) is 0 Å². The van der Waals surface area contributed by atoms with Crippen molar-refractivity contribution < 1.29 is 40.5 Å². The highest BCUT2D eigenvalue weighted by Crippen LogP contribution is 2.44. The fourth-order valence-corrected chi connectivity index (χ4v) is 5.51. The second kappa shape index (κ2) is 9.56. The van der Waals surface area contributed by atoms with Gasteiger partial charge < -0.3 is 4.57 Å². The molecule has 178 valence electrons. The first-order chi connectivity index (χ1) is 15.7. The minimum Gasteiger partial charge on any atom is -0.313 e. The highest BCUT2D eigenvalue weighted by molar-refractivity contribution is 7.72. The lowest BCUT2D eigenvalue weighted by atomic mass is 10.0. The van der Waals surface area contributed by atoms with Crippen LogP contribution in [0, 0.1) is 0 Å². The number of halogens is 8. The summed E-state index contributed by atoms with van der Waals surface area (Å²) in [5, 5.41) is -1.76. The largest absolute Gasteiger partial charge is 0.417 e. The molecule has 3 nitrogen and oxygen atoms in total. The Kier molecular flexibility index (Phi) is 7.31. The average molecular weight is 539 g/mol. The van der Waals surface area contributed by atoms with Crippen molar-refractivity contribution in [3.63, 3.8) is 0 Å². The van der Waals surface area contributed by atoms with E-state index >= 15 is 0 Å². The number of benzene rings is 3. The van der Waals surface area contributed by atoms with Crippen LogP contribution in [0.1, 0.15) is 37.4 Å². The summed E-state index contributed by atoms with van der Waals surface area (Å²) in [5.41, 5.74) is -7.70. The molecule has 3 aromatic rings. The minimum absolute atomic E-state index is 0.144. The summed E-state index contributed by atoms with van der Waals surface area (Å²) in [7, 11) is -4.16. The number of hydrogen-bond acceptors (Lipinski definition) is 3. The number of carbonyl (C=O) groups is 2. The van der Waals surface area contributed by atoms with Gasteiger partial charge in [-0.2, -0.15) is 26.3 Å². The van der Waals surface area contributed by atoms with Crippen molar-refractivity contribution in [3.8, 4) is 0 Å². The average Bonchev–Trinajstić information content (AvgIpc) is 2.77. The van der Waals surface area contributed by atoms with Crippen molar-refractivity contribution in [1.29, 1.82) is 0 Å². The van der Waals surface area contributed by atoms with E-state index in [2.05, 4.69) is 0 Å². The smallest absolute Gasteiger partial charge is 0.313 e. The Hall–Kier alpha value is -2.61. The molecular weight excluding hydrogens is 528 g/mol. The normalized spacial score (nSPS) is 12.9. The molecule has 1 unspecified atom stereocenters. The lowest BCUT2D eigenvalue weighted by Crippen LogP contribution is -2.21. The van der Waals surface area contributed by atoms with Gasteiger partial charge in [0.2, 0.25) is 5.52 Å². The summed E-state index contributed by atoms with van der Waals surface area (Å²) in [4.78, 5) is 25.6. The maximum atomic E-state index is 13.5. The van der Waals surface area contributed by atoms with E-state index in [1.54, 1.807) is 6.07 Å². The topological polar surface area (TPSA) is 51.2 Å². The first kappa shape index (κ1) is 26.0. The van der Waals surface area contributed by atoms with Gasteiger partial charge in [-0.05, 0) is 24.3 Å². The number of alkyl halides is 6. The zero-order chi connectivity index (χ0) is 25.4. The molecule has 0 aromatic heterocycles. The van der Waals surface area contributed by atoms with E-state index in [9.17, 15) is 40.5 Å². The van der Waals surface area contributed by atoms with E-state index < -0.39 is 63.5 Å². The van der Waals surface area contributed by atoms with Crippen LogP contribution in [-0.2, 0) is 16.9 Å². The molecule has 12 heteroatoms. The van der Waals surface area contributed by atoms with Gasteiger partial charge in [-0.3, -0.25) is 9.59 Å². The summed E-state index contributed by atoms with van der Waals surface area (Å²) in [6, 6.07) is 10.8. The lowest BCUT2D eigenvalue weighted by Gasteiger charge is -2.18. The summed E-state index contributed by atoms with van der Waals surface area (Å²) in [5.74, 6) is -0.683. The van der Waals surface area contributed by atoms with Crippen LogP contribution in [0.15, 0.2) is 60.7 Å². The van der Waals surface area contributed by atoms with Gasteiger partial charge in [-0.1, -0.05) is 59.6 Å². The maximum Gasteiger partial charge on any atom is 0.417 e. The molecule has 34 heavy (non-hydrogen) atoms.